The molecule has 0 radical (unpaired) electrons. The maximum atomic E-state index is 14.2. The van der Waals surface area contributed by atoms with Gasteiger partial charge in [-0.2, -0.15) is 0 Å². The Labute approximate surface area is 117 Å². The van der Waals surface area contributed by atoms with Gasteiger partial charge in [-0.1, -0.05) is 11.6 Å². The van der Waals surface area contributed by atoms with Crippen LogP contribution in [0, 0.1) is 11.7 Å². The van der Waals surface area contributed by atoms with Gasteiger partial charge in [-0.3, -0.25) is 4.79 Å². The highest BCUT2D eigenvalue weighted by atomic mass is 35.5. The molecule has 0 spiro atoms. The summed E-state index contributed by atoms with van der Waals surface area (Å²) in [6.45, 7) is 4.40. The third-order valence-corrected chi connectivity index (χ3v) is 3.78. The van der Waals surface area contributed by atoms with Crippen molar-refractivity contribution in [1.82, 2.24) is 10.3 Å². The molecular formula is C14H18ClFN2O. The minimum Gasteiger partial charge on any atom is -0.314 e. The van der Waals surface area contributed by atoms with E-state index in [4.69, 9.17) is 11.6 Å². The van der Waals surface area contributed by atoms with Crippen LogP contribution in [0.3, 0.4) is 0 Å². The molecule has 0 aliphatic carbocycles. The summed E-state index contributed by atoms with van der Waals surface area (Å²) in [5, 5.41) is 3.54. The average molecular weight is 285 g/mol. The predicted octanol–water partition coefficient (Wildman–Crippen LogP) is 3.01. The largest absolute Gasteiger partial charge is 0.314 e. The first-order valence-electron chi connectivity index (χ1n) is 6.56. The van der Waals surface area contributed by atoms with E-state index in [2.05, 4.69) is 17.2 Å². The Morgan fingerprint density at radius 1 is 1.63 bits per heavy atom. The van der Waals surface area contributed by atoms with Crippen molar-refractivity contribution in [3.05, 3.63) is 28.3 Å². The van der Waals surface area contributed by atoms with Gasteiger partial charge in [-0.05, 0) is 51.6 Å². The summed E-state index contributed by atoms with van der Waals surface area (Å²) in [5.74, 6) is -0.443. The second-order valence-corrected chi connectivity index (χ2v) is 5.65. The normalized spacial score (nSPS) is 23.4. The van der Waals surface area contributed by atoms with Crippen molar-refractivity contribution in [2.45, 2.75) is 39.2 Å². The maximum Gasteiger partial charge on any atom is 0.162 e. The molecule has 19 heavy (non-hydrogen) atoms. The number of rotatable bonds is 3. The van der Waals surface area contributed by atoms with Gasteiger partial charge in [0, 0.05) is 6.04 Å². The number of halogens is 2. The molecule has 1 aromatic rings. The number of nitrogens with zero attached hydrogens (tertiary/aromatic N) is 1. The molecule has 0 aromatic carbocycles. The van der Waals surface area contributed by atoms with Gasteiger partial charge in [0.05, 0.1) is 11.3 Å². The van der Waals surface area contributed by atoms with E-state index >= 15 is 0 Å². The second-order valence-electron chi connectivity index (χ2n) is 5.26. The number of carbonyl (C=O) groups excluding carboxylic acids is 1. The SMILES string of the molecule is CC(=O)c1cc(Cl)nc(CC2CCN[C@H](C)C2)c1F. The second kappa shape index (κ2) is 5.97. The smallest absolute Gasteiger partial charge is 0.162 e. The third-order valence-electron chi connectivity index (χ3n) is 3.59. The van der Waals surface area contributed by atoms with Crippen molar-refractivity contribution in [2.24, 2.45) is 5.92 Å². The minimum absolute atomic E-state index is 0.0389. The lowest BCUT2D eigenvalue weighted by atomic mass is 9.88. The summed E-state index contributed by atoms with van der Waals surface area (Å²) in [4.78, 5) is 15.4. The summed E-state index contributed by atoms with van der Waals surface area (Å²) in [7, 11) is 0. The van der Waals surface area contributed by atoms with E-state index in [1.54, 1.807) is 0 Å². The monoisotopic (exact) mass is 284 g/mol. The van der Waals surface area contributed by atoms with E-state index in [9.17, 15) is 9.18 Å². The minimum atomic E-state index is -0.511. The molecule has 1 saturated heterocycles. The number of aromatic nitrogens is 1. The highest BCUT2D eigenvalue weighted by Crippen LogP contribution is 2.24. The number of hydrogen-bond donors (Lipinski definition) is 1. The number of hydrogen-bond acceptors (Lipinski definition) is 3. The molecule has 0 amide bonds. The van der Waals surface area contributed by atoms with Crippen molar-refractivity contribution in [3.8, 4) is 0 Å². The topological polar surface area (TPSA) is 42.0 Å². The zero-order chi connectivity index (χ0) is 14.0. The number of Topliss-reactive ketones (excluding diaryl/α,β-unsaturated/α-hetero) is 1. The zero-order valence-corrected chi connectivity index (χ0v) is 11.9. The van der Waals surface area contributed by atoms with Gasteiger partial charge in [0.1, 0.15) is 5.15 Å². The standard InChI is InChI=1S/C14H18ClFN2O/c1-8-5-10(3-4-17-8)6-12-14(16)11(9(2)19)7-13(15)18-12/h7-8,10,17H,3-6H2,1-2H3/t8-,10?/m1/s1. The van der Waals surface area contributed by atoms with Crippen LogP contribution < -0.4 is 5.32 Å². The zero-order valence-electron chi connectivity index (χ0n) is 11.2. The molecule has 1 N–H and O–H groups in total. The van der Waals surface area contributed by atoms with Crippen LogP contribution >= 0.6 is 11.6 Å². The lowest BCUT2D eigenvalue weighted by molar-refractivity contribution is 0.101. The van der Waals surface area contributed by atoms with Crippen LogP contribution in [0.25, 0.3) is 0 Å². The van der Waals surface area contributed by atoms with E-state index in [0.717, 1.165) is 19.4 Å². The molecule has 2 atom stereocenters. The average Bonchev–Trinajstić information content (AvgIpc) is 2.33. The molecule has 104 valence electrons. The van der Waals surface area contributed by atoms with E-state index in [0.29, 0.717) is 24.1 Å². The molecule has 1 aliphatic rings. The molecule has 2 rings (SSSR count). The molecule has 3 nitrogen and oxygen atoms in total. The van der Waals surface area contributed by atoms with Crippen LogP contribution in [0.15, 0.2) is 6.07 Å². The Hall–Kier alpha value is -1.00. The number of carbonyl (C=O) groups is 1. The first-order valence-corrected chi connectivity index (χ1v) is 6.94. The van der Waals surface area contributed by atoms with Crippen molar-refractivity contribution in [3.63, 3.8) is 0 Å². The first kappa shape index (κ1) is 14.4. The van der Waals surface area contributed by atoms with Gasteiger partial charge < -0.3 is 5.32 Å². The molecule has 1 unspecified atom stereocenters. The van der Waals surface area contributed by atoms with Gasteiger partial charge >= 0.3 is 0 Å². The van der Waals surface area contributed by atoms with Crippen LogP contribution in [0.1, 0.15) is 42.7 Å². The van der Waals surface area contributed by atoms with Crippen molar-refractivity contribution in [1.29, 1.82) is 0 Å². The van der Waals surface area contributed by atoms with Crippen LogP contribution in [0.4, 0.5) is 4.39 Å². The maximum absolute atomic E-state index is 14.2. The van der Waals surface area contributed by atoms with Crippen molar-refractivity contribution in [2.75, 3.05) is 6.54 Å². The molecular weight excluding hydrogens is 267 g/mol. The lowest BCUT2D eigenvalue weighted by Gasteiger charge is -2.27. The Kier molecular flexibility index (Phi) is 4.53. The van der Waals surface area contributed by atoms with Crippen LogP contribution in [-0.2, 0) is 6.42 Å². The molecule has 0 saturated carbocycles. The van der Waals surface area contributed by atoms with Gasteiger partial charge in [-0.15, -0.1) is 0 Å². The van der Waals surface area contributed by atoms with E-state index in [1.165, 1.54) is 13.0 Å². The summed E-state index contributed by atoms with van der Waals surface area (Å²) in [5.41, 5.74) is 0.355. The van der Waals surface area contributed by atoms with E-state index in [1.807, 2.05) is 0 Å². The first-order chi connectivity index (χ1) is 8.97. The quantitative estimate of drug-likeness (QED) is 0.685. The van der Waals surface area contributed by atoms with Crippen molar-refractivity contribution >= 4 is 17.4 Å². The highest BCUT2D eigenvalue weighted by molar-refractivity contribution is 6.29. The summed E-state index contributed by atoms with van der Waals surface area (Å²) in [6.07, 6.45) is 2.52. The molecule has 1 aromatic heterocycles. The Morgan fingerprint density at radius 3 is 3.00 bits per heavy atom. The fraction of sp³-hybridized carbons (Fsp3) is 0.571. The van der Waals surface area contributed by atoms with Crippen molar-refractivity contribution < 1.29 is 9.18 Å². The van der Waals surface area contributed by atoms with Gasteiger partial charge in [-0.25, -0.2) is 9.37 Å². The number of nitrogens with one attached hydrogen (secondary N) is 1. The van der Waals surface area contributed by atoms with Gasteiger partial charge in [0.2, 0.25) is 0 Å². The van der Waals surface area contributed by atoms with Crippen LogP contribution in [0.5, 0.6) is 0 Å². The number of pyridine rings is 1. The molecule has 5 heteroatoms. The van der Waals surface area contributed by atoms with E-state index in [-0.39, 0.29) is 16.5 Å². The predicted molar refractivity (Wildman–Crippen MR) is 73.1 cm³/mol. The Bertz CT molecular complexity index is 493. The third kappa shape index (κ3) is 3.51. The van der Waals surface area contributed by atoms with Crippen LogP contribution in [0.2, 0.25) is 5.15 Å². The highest BCUT2D eigenvalue weighted by Gasteiger charge is 2.22. The summed E-state index contributed by atoms with van der Waals surface area (Å²) in [6, 6.07) is 1.74. The van der Waals surface area contributed by atoms with Gasteiger partial charge in [0.25, 0.3) is 0 Å². The molecule has 1 aliphatic heterocycles. The molecule has 1 fully saturated rings. The Balaban J connectivity index is 2.22. The fourth-order valence-electron chi connectivity index (χ4n) is 2.63. The van der Waals surface area contributed by atoms with Crippen LogP contribution in [-0.4, -0.2) is 23.4 Å². The van der Waals surface area contributed by atoms with Gasteiger partial charge in [0.15, 0.2) is 11.6 Å². The van der Waals surface area contributed by atoms with E-state index < -0.39 is 5.82 Å². The number of ketones is 1. The molecule has 2 heterocycles. The Morgan fingerprint density at radius 2 is 2.37 bits per heavy atom. The summed E-state index contributed by atoms with van der Waals surface area (Å²) < 4.78 is 14.2. The fourth-order valence-corrected chi connectivity index (χ4v) is 2.84. The summed E-state index contributed by atoms with van der Waals surface area (Å²) >= 11 is 5.87. The number of piperidine rings is 1. The lowest BCUT2D eigenvalue weighted by Crippen LogP contribution is -2.36. The molecule has 0 bridgehead atoms.